The van der Waals surface area contributed by atoms with Gasteiger partial charge in [0.05, 0.1) is 27.5 Å². The predicted octanol–water partition coefficient (Wildman–Crippen LogP) is 4.86. The third kappa shape index (κ3) is 4.44. The van der Waals surface area contributed by atoms with Crippen molar-refractivity contribution in [1.82, 2.24) is 19.9 Å². The maximum atomic E-state index is 11.3. The Hall–Kier alpha value is -3.65. The first-order valence-electron chi connectivity index (χ1n) is 9.61. The molecular weight excluding hydrogens is 412 g/mol. The van der Waals surface area contributed by atoms with E-state index in [4.69, 9.17) is 9.72 Å². The van der Waals surface area contributed by atoms with Crippen molar-refractivity contribution in [2.75, 3.05) is 0 Å². The normalized spacial score (nSPS) is 10.8. The molecule has 0 radical (unpaired) electrons. The van der Waals surface area contributed by atoms with Crippen molar-refractivity contribution in [2.24, 2.45) is 0 Å². The molecule has 0 fully saturated rings. The molecule has 0 atom stereocenters. The van der Waals surface area contributed by atoms with Gasteiger partial charge in [0, 0.05) is 18.0 Å². The summed E-state index contributed by atoms with van der Waals surface area (Å²) < 4.78 is 5.61. The molecule has 8 heteroatoms. The van der Waals surface area contributed by atoms with Crippen molar-refractivity contribution in [1.29, 1.82) is 0 Å². The number of ether oxygens (including phenoxy) is 1. The van der Waals surface area contributed by atoms with Crippen LogP contribution in [0.4, 0.5) is 0 Å². The zero-order valence-corrected chi connectivity index (χ0v) is 18.1. The average Bonchev–Trinajstić information content (AvgIpc) is 3.13. The standard InChI is InChI=1S/C23H20N4O3S/c1-13-10-16(22(28)29)11-14(2)20(13)17-6-4-7-18(27-17)21-15(3)26-19(31-21)12-30-23-24-8-5-9-25-23/h4-11H,12H2,1-3H3,(H,28,29). The van der Waals surface area contributed by atoms with E-state index in [0.29, 0.717) is 6.01 Å². The maximum absolute atomic E-state index is 11.3. The minimum absolute atomic E-state index is 0.278. The van der Waals surface area contributed by atoms with Gasteiger partial charge in [-0.2, -0.15) is 0 Å². The fraction of sp³-hybridized carbons (Fsp3) is 0.174. The van der Waals surface area contributed by atoms with Crippen molar-refractivity contribution in [3.05, 3.63) is 76.2 Å². The summed E-state index contributed by atoms with van der Waals surface area (Å²) in [4.78, 5) is 29.9. The van der Waals surface area contributed by atoms with E-state index in [1.165, 1.54) is 11.3 Å². The van der Waals surface area contributed by atoms with Gasteiger partial charge in [-0.3, -0.25) is 0 Å². The van der Waals surface area contributed by atoms with Gasteiger partial charge in [0.2, 0.25) is 0 Å². The lowest BCUT2D eigenvalue weighted by atomic mass is 9.96. The highest BCUT2D eigenvalue weighted by Gasteiger charge is 2.16. The number of carboxylic acid groups (broad SMARTS) is 1. The number of aromatic carboxylic acids is 1. The first-order chi connectivity index (χ1) is 14.9. The highest BCUT2D eigenvalue weighted by Crippen LogP contribution is 2.33. The summed E-state index contributed by atoms with van der Waals surface area (Å²) in [6, 6.07) is 11.2. The highest BCUT2D eigenvalue weighted by atomic mass is 32.1. The zero-order chi connectivity index (χ0) is 22.0. The number of carbonyl (C=O) groups is 1. The van der Waals surface area contributed by atoms with Gasteiger partial charge in [-0.25, -0.2) is 24.7 Å². The number of hydrogen-bond donors (Lipinski definition) is 1. The Balaban J connectivity index is 1.64. The van der Waals surface area contributed by atoms with Crippen molar-refractivity contribution in [2.45, 2.75) is 27.4 Å². The molecule has 0 bridgehead atoms. The average molecular weight is 433 g/mol. The summed E-state index contributed by atoms with van der Waals surface area (Å²) in [5.74, 6) is -0.935. The van der Waals surface area contributed by atoms with Gasteiger partial charge in [0.15, 0.2) is 0 Å². The van der Waals surface area contributed by atoms with Gasteiger partial charge in [-0.1, -0.05) is 6.07 Å². The van der Waals surface area contributed by atoms with Gasteiger partial charge in [-0.15, -0.1) is 11.3 Å². The van der Waals surface area contributed by atoms with Crippen LogP contribution in [-0.4, -0.2) is 31.0 Å². The van der Waals surface area contributed by atoms with Gasteiger partial charge in [0.25, 0.3) is 0 Å². The molecule has 0 aliphatic heterocycles. The molecule has 4 rings (SSSR count). The maximum Gasteiger partial charge on any atom is 0.335 e. The van der Waals surface area contributed by atoms with Crippen LogP contribution >= 0.6 is 11.3 Å². The van der Waals surface area contributed by atoms with Crippen LogP contribution in [-0.2, 0) is 6.61 Å². The molecule has 0 aliphatic carbocycles. The summed E-state index contributed by atoms with van der Waals surface area (Å²) in [7, 11) is 0. The number of benzene rings is 1. The van der Waals surface area contributed by atoms with E-state index in [2.05, 4.69) is 15.0 Å². The zero-order valence-electron chi connectivity index (χ0n) is 17.3. The Labute approximate surface area is 183 Å². The SMILES string of the molecule is Cc1cc(C(=O)O)cc(C)c1-c1cccc(-c2sc(COc3ncccn3)nc2C)n1. The number of hydrogen-bond acceptors (Lipinski definition) is 7. The van der Waals surface area contributed by atoms with Gasteiger partial charge < -0.3 is 9.84 Å². The molecule has 0 unspecified atom stereocenters. The van der Waals surface area contributed by atoms with E-state index in [0.717, 1.165) is 43.7 Å². The molecule has 0 saturated carbocycles. The third-order valence-corrected chi connectivity index (χ3v) is 5.88. The summed E-state index contributed by atoms with van der Waals surface area (Å²) in [5, 5.41) is 10.1. The lowest BCUT2D eigenvalue weighted by Crippen LogP contribution is -2.00. The molecule has 0 aliphatic rings. The Morgan fingerprint density at radius 3 is 2.35 bits per heavy atom. The second-order valence-corrected chi connectivity index (χ2v) is 8.12. The molecule has 3 aromatic heterocycles. The van der Waals surface area contributed by atoms with Crippen molar-refractivity contribution in [3.8, 4) is 27.8 Å². The Morgan fingerprint density at radius 2 is 1.68 bits per heavy atom. The fourth-order valence-electron chi connectivity index (χ4n) is 3.43. The monoisotopic (exact) mass is 432 g/mol. The minimum Gasteiger partial charge on any atom is -0.478 e. The second-order valence-electron chi connectivity index (χ2n) is 7.04. The molecule has 0 amide bonds. The van der Waals surface area contributed by atoms with E-state index in [9.17, 15) is 9.90 Å². The molecule has 156 valence electrons. The topological polar surface area (TPSA) is 98.1 Å². The molecule has 0 saturated heterocycles. The summed E-state index contributed by atoms with van der Waals surface area (Å²) in [6.45, 7) is 6.04. The number of aryl methyl sites for hydroxylation is 3. The highest BCUT2D eigenvalue weighted by molar-refractivity contribution is 7.15. The molecule has 1 N–H and O–H groups in total. The molecule has 3 heterocycles. The minimum atomic E-state index is -0.935. The van der Waals surface area contributed by atoms with Gasteiger partial charge in [0.1, 0.15) is 11.6 Å². The van der Waals surface area contributed by atoms with Crippen LogP contribution in [0.1, 0.15) is 32.2 Å². The number of thiazole rings is 1. The number of nitrogens with zero attached hydrogens (tertiary/aromatic N) is 4. The van der Waals surface area contributed by atoms with E-state index in [1.807, 2.05) is 39.0 Å². The van der Waals surface area contributed by atoms with Gasteiger partial charge in [-0.05, 0) is 62.2 Å². The van der Waals surface area contributed by atoms with Crippen LogP contribution in [0.3, 0.4) is 0 Å². The summed E-state index contributed by atoms with van der Waals surface area (Å²) in [6.07, 6.45) is 3.26. The molecule has 0 spiro atoms. The number of pyridine rings is 1. The van der Waals surface area contributed by atoms with Crippen LogP contribution in [0, 0.1) is 20.8 Å². The van der Waals surface area contributed by atoms with Crippen molar-refractivity contribution >= 4 is 17.3 Å². The molecule has 4 aromatic rings. The number of aromatic nitrogens is 4. The smallest absolute Gasteiger partial charge is 0.335 e. The quantitative estimate of drug-likeness (QED) is 0.464. The molecular formula is C23H20N4O3S. The second kappa shape index (κ2) is 8.61. The third-order valence-electron chi connectivity index (χ3n) is 4.73. The summed E-state index contributed by atoms with van der Waals surface area (Å²) >= 11 is 1.52. The van der Waals surface area contributed by atoms with E-state index in [1.54, 1.807) is 30.6 Å². The van der Waals surface area contributed by atoms with Crippen LogP contribution < -0.4 is 4.74 Å². The Kier molecular flexibility index (Phi) is 5.73. The van der Waals surface area contributed by atoms with Crippen molar-refractivity contribution < 1.29 is 14.6 Å². The lowest BCUT2D eigenvalue weighted by Gasteiger charge is -2.12. The van der Waals surface area contributed by atoms with E-state index >= 15 is 0 Å². The molecule has 31 heavy (non-hydrogen) atoms. The molecule has 1 aromatic carbocycles. The Morgan fingerprint density at radius 1 is 1.00 bits per heavy atom. The van der Waals surface area contributed by atoms with Gasteiger partial charge >= 0.3 is 12.0 Å². The van der Waals surface area contributed by atoms with Crippen molar-refractivity contribution in [3.63, 3.8) is 0 Å². The van der Waals surface area contributed by atoms with Crippen LogP contribution in [0.2, 0.25) is 0 Å². The van der Waals surface area contributed by atoms with E-state index < -0.39 is 5.97 Å². The predicted molar refractivity (Wildman–Crippen MR) is 118 cm³/mol. The summed E-state index contributed by atoms with van der Waals surface area (Å²) in [5.41, 5.74) is 5.46. The number of rotatable bonds is 6. The Bertz CT molecular complexity index is 1230. The lowest BCUT2D eigenvalue weighted by molar-refractivity contribution is 0.0696. The van der Waals surface area contributed by atoms with Crippen LogP contribution in [0.15, 0.2) is 48.8 Å². The van der Waals surface area contributed by atoms with Crippen LogP contribution in [0.5, 0.6) is 6.01 Å². The largest absolute Gasteiger partial charge is 0.478 e. The first kappa shape index (κ1) is 20.6. The number of carboxylic acids is 1. The van der Waals surface area contributed by atoms with E-state index in [-0.39, 0.29) is 12.2 Å². The fourth-order valence-corrected chi connectivity index (χ4v) is 4.38. The van der Waals surface area contributed by atoms with Crippen LogP contribution in [0.25, 0.3) is 21.8 Å². The first-order valence-corrected chi connectivity index (χ1v) is 10.4. The molecule has 7 nitrogen and oxygen atoms in total.